The van der Waals surface area contributed by atoms with Crippen LogP contribution in [-0.2, 0) is 14.8 Å². The minimum atomic E-state index is -3.52. The van der Waals surface area contributed by atoms with Gasteiger partial charge in [-0.25, -0.2) is 13.1 Å². The molecule has 30 heavy (non-hydrogen) atoms. The average Bonchev–Trinajstić information content (AvgIpc) is 2.69. The maximum atomic E-state index is 12.8. The summed E-state index contributed by atoms with van der Waals surface area (Å²) in [6.07, 6.45) is 1.01. The first kappa shape index (κ1) is 22.4. The van der Waals surface area contributed by atoms with Crippen LogP contribution >= 0.6 is 23.4 Å². The van der Waals surface area contributed by atoms with Crippen molar-refractivity contribution in [3.05, 3.63) is 89.4 Å². The predicted octanol–water partition coefficient (Wildman–Crippen LogP) is 5.11. The third-order valence-electron chi connectivity index (χ3n) is 4.15. The second-order valence-electron chi connectivity index (χ2n) is 6.66. The number of sulfonamides is 1. The molecule has 5 nitrogen and oxygen atoms in total. The van der Waals surface area contributed by atoms with Crippen LogP contribution in [0.1, 0.15) is 18.0 Å². The van der Waals surface area contributed by atoms with Crippen molar-refractivity contribution in [2.24, 2.45) is 0 Å². The fraction of sp³-hybridized carbons (Fsp3) is 0.136. The zero-order valence-corrected chi connectivity index (χ0v) is 18.6. The van der Waals surface area contributed by atoms with E-state index in [4.69, 9.17) is 11.6 Å². The average molecular weight is 461 g/mol. The molecule has 0 saturated heterocycles. The van der Waals surface area contributed by atoms with Gasteiger partial charge in [0.25, 0.3) is 0 Å². The van der Waals surface area contributed by atoms with Gasteiger partial charge in [0.1, 0.15) is 0 Å². The maximum absolute atomic E-state index is 12.8. The normalized spacial score (nSPS) is 12.3. The topological polar surface area (TPSA) is 75.3 Å². The summed E-state index contributed by atoms with van der Waals surface area (Å²) >= 11 is 7.47. The Hall–Kier alpha value is -2.32. The molecule has 0 aliphatic carbocycles. The second kappa shape index (κ2) is 10.1. The van der Waals surface area contributed by atoms with E-state index < -0.39 is 16.1 Å². The minimum Gasteiger partial charge on any atom is -0.325 e. The first-order valence-electron chi connectivity index (χ1n) is 9.15. The highest BCUT2D eigenvalue weighted by atomic mass is 35.5. The molecule has 0 heterocycles. The van der Waals surface area contributed by atoms with Gasteiger partial charge in [-0.15, -0.1) is 0 Å². The second-order valence-corrected chi connectivity index (χ2v) is 9.99. The van der Waals surface area contributed by atoms with Gasteiger partial charge >= 0.3 is 0 Å². The van der Waals surface area contributed by atoms with Crippen molar-refractivity contribution in [1.82, 2.24) is 4.72 Å². The lowest BCUT2D eigenvalue weighted by molar-refractivity contribution is -0.116. The molecule has 1 amide bonds. The highest BCUT2D eigenvalue weighted by molar-refractivity contribution is 7.99. The Morgan fingerprint density at radius 3 is 2.27 bits per heavy atom. The van der Waals surface area contributed by atoms with Crippen LogP contribution in [0.3, 0.4) is 0 Å². The van der Waals surface area contributed by atoms with E-state index in [9.17, 15) is 13.2 Å². The standard InChI is InChI=1S/C22H21ClN2O3S2/c1-30(27,28)25-20(16-11-13-17(23)14-12-16)15-22(26)24-19-9-5-6-10-21(19)29-18-7-3-2-4-8-18/h2-14,20,25H,15H2,1H3,(H,24,26)/t20-/m1/s1. The van der Waals surface area contributed by atoms with Crippen molar-refractivity contribution in [2.75, 3.05) is 11.6 Å². The van der Waals surface area contributed by atoms with E-state index in [1.165, 1.54) is 0 Å². The van der Waals surface area contributed by atoms with Gasteiger partial charge in [0.15, 0.2) is 0 Å². The summed E-state index contributed by atoms with van der Waals surface area (Å²) in [5.41, 5.74) is 1.33. The van der Waals surface area contributed by atoms with Crippen LogP contribution in [0.4, 0.5) is 5.69 Å². The molecule has 3 aromatic rings. The van der Waals surface area contributed by atoms with Crippen molar-refractivity contribution in [2.45, 2.75) is 22.3 Å². The van der Waals surface area contributed by atoms with Gasteiger partial charge in [-0.1, -0.05) is 65.8 Å². The molecule has 0 bridgehead atoms. The molecule has 0 radical (unpaired) electrons. The van der Waals surface area contributed by atoms with Gasteiger partial charge in [-0.3, -0.25) is 4.79 Å². The van der Waals surface area contributed by atoms with E-state index in [2.05, 4.69) is 10.0 Å². The van der Waals surface area contributed by atoms with E-state index in [1.54, 1.807) is 36.0 Å². The number of rotatable bonds is 8. The number of nitrogens with one attached hydrogen (secondary N) is 2. The Bertz CT molecular complexity index is 1100. The minimum absolute atomic E-state index is 0.0565. The summed E-state index contributed by atoms with van der Waals surface area (Å²) in [5, 5.41) is 3.44. The summed E-state index contributed by atoms with van der Waals surface area (Å²) in [5.74, 6) is -0.299. The maximum Gasteiger partial charge on any atom is 0.226 e. The van der Waals surface area contributed by atoms with Gasteiger partial charge < -0.3 is 5.32 Å². The highest BCUT2D eigenvalue weighted by Crippen LogP contribution is 2.33. The number of anilines is 1. The van der Waals surface area contributed by atoms with E-state index in [-0.39, 0.29) is 12.3 Å². The van der Waals surface area contributed by atoms with Gasteiger partial charge in [0.2, 0.25) is 15.9 Å². The molecule has 2 N–H and O–H groups in total. The number of hydrogen-bond acceptors (Lipinski definition) is 4. The molecule has 1 atom stereocenters. The fourth-order valence-corrected chi connectivity index (χ4v) is 4.63. The van der Waals surface area contributed by atoms with Crippen LogP contribution < -0.4 is 10.0 Å². The zero-order valence-electron chi connectivity index (χ0n) is 16.2. The molecule has 8 heteroatoms. The summed E-state index contributed by atoms with van der Waals surface area (Å²) in [7, 11) is -3.52. The van der Waals surface area contributed by atoms with E-state index >= 15 is 0 Å². The molecule has 0 aliphatic rings. The Morgan fingerprint density at radius 2 is 1.60 bits per heavy atom. The molecule has 0 aromatic heterocycles. The van der Waals surface area contributed by atoms with Crippen LogP contribution in [-0.4, -0.2) is 20.6 Å². The molecule has 0 spiro atoms. The largest absolute Gasteiger partial charge is 0.325 e. The zero-order chi connectivity index (χ0) is 21.6. The lowest BCUT2D eigenvalue weighted by Crippen LogP contribution is -2.30. The molecule has 3 aromatic carbocycles. The van der Waals surface area contributed by atoms with E-state index in [1.807, 2.05) is 54.6 Å². The third-order valence-corrected chi connectivity index (χ3v) is 6.20. The predicted molar refractivity (Wildman–Crippen MR) is 122 cm³/mol. The number of carbonyl (C=O) groups excluding carboxylic acids is 1. The highest BCUT2D eigenvalue weighted by Gasteiger charge is 2.20. The van der Waals surface area contributed by atoms with E-state index in [0.29, 0.717) is 16.3 Å². The van der Waals surface area contributed by atoms with Crippen LogP contribution in [0.25, 0.3) is 0 Å². The van der Waals surface area contributed by atoms with Crippen LogP contribution in [0.5, 0.6) is 0 Å². The quantitative estimate of drug-likeness (QED) is 0.489. The number of para-hydroxylation sites is 1. The smallest absolute Gasteiger partial charge is 0.226 e. The molecular formula is C22H21ClN2O3S2. The number of benzene rings is 3. The molecule has 3 rings (SSSR count). The summed E-state index contributed by atoms with van der Waals surface area (Å²) in [6, 6.07) is 23.4. The van der Waals surface area contributed by atoms with Crippen molar-refractivity contribution in [3.8, 4) is 0 Å². The lowest BCUT2D eigenvalue weighted by atomic mass is 10.0. The van der Waals surface area contributed by atoms with Crippen molar-refractivity contribution in [3.63, 3.8) is 0 Å². The fourth-order valence-electron chi connectivity index (χ4n) is 2.84. The summed E-state index contributed by atoms with van der Waals surface area (Å²) in [6.45, 7) is 0. The monoisotopic (exact) mass is 460 g/mol. The van der Waals surface area contributed by atoms with Gasteiger partial charge in [-0.05, 0) is 42.0 Å². The first-order chi connectivity index (χ1) is 14.3. The van der Waals surface area contributed by atoms with Crippen LogP contribution in [0.2, 0.25) is 5.02 Å². The number of carbonyl (C=O) groups is 1. The van der Waals surface area contributed by atoms with E-state index in [0.717, 1.165) is 16.0 Å². The number of halogens is 1. The molecule has 0 unspecified atom stereocenters. The van der Waals surface area contributed by atoms with Gasteiger partial charge in [-0.2, -0.15) is 0 Å². The molecular weight excluding hydrogens is 440 g/mol. The first-order valence-corrected chi connectivity index (χ1v) is 12.2. The Labute approximate surface area is 185 Å². The van der Waals surface area contributed by atoms with Crippen LogP contribution in [0, 0.1) is 0 Å². The summed E-state index contributed by atoms with van der Waals surface area (Å²) < 4.78 is 26.1. The number of amides is 1. The molecule has 0 fully saturated rings. The van der Waals surface area contributed by atoms with Gasteiger partial charge in [0, 0.05) is 21.2 Å². The number of hydrogen-bond donors (Lipinski definition) is 2. The Morgan fingerprint density at radius 1 is 0.967 bits per heavy atom. The molecule has 156 valence electrons. The van der Waals surface area contributed by atoms with Crippen LogP contribution in [0.15, 0.2) is 88.7 Å². The van der Waals surface area contributed by atoms with Crippen molar-refractivity contribution >= 4 is 45.0 Å². The van der Waals surface area contributed by atoms with Crippen molar-refractivity contribution < 1.29 is 13.2 Å². The van der Waals surface area contributed by atoms with Crippen molar-refractivity contribution in [1.29, 1.82) is 0 Å². The SMILES string of the molecule is CS(=O)(=O)N[C@H](CC(=O)Nc1ccccc1Sc1ccccc1)c1ccc(Cl)cc1. The Balaban J connectivity index is 1.76. The molecule has 0 saturated carbocycles. The lowest BCUT2D eigenvalue weighted by Gasteiger charge is -2.18. The summed E-state index contributed by atoms with van der Waals surface area (Å²) in [4.78, 5) is 14.7. The van der Waals surface area contributed by atoms with Gasteiger partial charge in [0.05, 0.1) is 18.0 Å². The third kappa shape index (κ3) is 6.88. The Kier molecular flexibility index (Phi) is 7.55. The molecule has 0 aliphatic heterocycles.